The summed E-state index contributed by atoms with van der Waals surface area (Å²) in [5, 5.41) is 1.44. The van der Waals surface area contributed by atoms with Gasteiger partial charge in [0.05, 0.1) is 0 Å². The van der Waals surface area contributed by atoms with Crippen LogP contribution in [0.25, 0.3) is 21.9 Å². The van der Waals surface area contributed by atoms with E-state index >= 15 is 0 Å². The highest BCUT2D eigenvalue weighted by atomic mass is 32.2. The maximum Gasteiger partial charge on any atom is 0.230 e. The molecule has 6 heteroatoms. The average Bonchev–Trinajstić information content (AvgIpc) is 2.77. The van der Waals surface area contributed by atoms with Crippen molar-refractivity contribution in [2.24, 2.45) is 5.73 Å². The summed E-state index contributed by atoms with van der Waals surface area (Å²) in [6.07, 6.45) is 0. The van der Waals surface area contributed by atoms with Crippen LogP contribution in [0.3, 0.4) is 0 Å². The normalized spacial score (nSPS) is 12.8. The van der Waals surface area contributed by atoms with E-state index in [2.05, 4.69) is 0 Å². The molecule has 1 amide bonds. The zero-order chi connectivity index (χ0) is 15.0. The number of fused-ring (bicyclic) bond motifs is 3. The van der Waals surface area contributed by atoms with E-state index in [-0.39, 0.29) is 17.1 Å². The fourth-order valence-corrected chi connectivity index (χ4v) is 3.28. The Hall–Kier alpha value is -2.21. The first-order valence-corrected chi connectivity index (χ1v) is 7.76. The molecule has 0 radical (unpaired) electrons. The van der Waals surface area contributed by atoms with Crippen LogP contribution < -0.4 is 5.73 Å². The molecule has 1 heterocycles. The highest BCUT2D eigenvalue weighted by Crippen LogP contribution is 2.31. The first-order valence-electron chi connectivity index (χ1n) is 6.27. The monoisotopic (exact) mass is 305 g/mol. The molecule has 3 aromatic rings. The zero-order valence-electron chi connectivity index (χ0n) is 11.0. The molecule has 4 nitrogen and oxygen atoms in total. The number of para-hydroxylation sites is 1. The quantitative estimate of drug-likeness (QED) is 0.804. The minimum Gasteiger partial charge on any atom is -0.453 e. The summed E-state index contributed by atoms with van der Waals surface area (Å²) in [4.78, 5) is 10.8. The second-order valence-electron chi connectivity index (χ2n) is 4.75. The van der Waals surface area contributed by atoms with Crippen LogP contribution in [0.2, 0.25) is 0 Å². The molecule has 0 fully saturated rings. The molecule has 21 heavy (non-hydrogen) atoms. The van der Waals surface area contributed by atoms with E-state index in [9.17, 15) is 13.4 Å². The number of nitrogens with two attached hydrogens (primary N) is 1. The third kappa shape index (κ3) is 2.67. The van der Waals surface area contributed by atoms with Crippen molar-refractivity contribution in [1.82, 2.24) is 0 Å². The molecule has 108 valence electrons. The van der Waals surface area contributed by atoms with Crippen LogP contribution in [-0.2, 0) is 21.3 Å². The van der Waals surface area contributed by atoms with Gasteiger partial charge < -0.3 is 10.2 Å². The van der Waals surface area contributed by atoms with Crippen LogP contribution in [-0.4, -0.2) is 15.9 Å². The molecule has 0 aliphatic carbocycles. The van der Waals surface area contributed by atoms with E-state index in [1.54, 1.807) is 12.1 Å². The van der Waals surface area contributed by atoms with Crippen molar-refractivity contribution in [3.63, 3.8) is 0 Å². The molecule has 3 rings (SSSR count). The van der Waals surface area contributed by atoms with Gasteiger partial charge in [0, 0.05) is 27.3 Å². The van der Waals surface area contributed by atoms with Crippen LogP contribution in [0.15, 0.2) is 40.8 Å². The molecule has 1 aromatic heterocycles. The van der Waals surface area contributed by atoms with Gasteiger partial charge in [0.2, 0.25) is 5.91 Å². The van der Waals surface area contributed by atoms with Gasteiger partial charge in [-0.1, -0.05) is 18.2 Å². The molecule has 0 bridgehead atoms. The minimum absolute atomic E-state index is 0.0787. The van der Waals surface area contributed by atoms with E-state index in [1.807, 2.05) is 18.2 Å². The Balaban J connectivity index is 2.07. The van der Waals surface area contributed by atoms with Crippen LogP contribution >= 0.6 is 0 Å². The number of hydrogen-bond donors (Lipinski definition) is 1. The number of hydrogen-bond acceptors (Lipinski definition) is 3. The molecule has 0 saturated heterocycles. The maximum absolute atomic E-state index is 14.1. The Labute approximate surface area is 122 Å². The Bertz CT molecular complexity index is 872. The summed E-state index contributed by atoms with van der Waals surface area (Å²) in [6.45, 7) is 0. The van der Waals surface area contributed by atoms with Crippen molar-refractivity contribution in [3.8, 4) is 0 Å². The average molecular weight is 305 g/mol. The van der Waals surface area contributed by atoms with Crippen LogP contribution in [0.1, 0.15) is 5.56 Å². The third-order valence-corrected chi connectivity index (χ3v) is 4.39. The summed E-state index contributed by atoms with van der Waals surface area (Å²) in [6, 6.07) is 10.3. The molecular formula is C15H12FNO3S. The van der Waals surface area contributed by atoms with Gasteiger partial charge in [-0.15, -0.1) is 0 Å². The second kappa shape index (κ2) is 5.29. The Morgan fingerprint density at radius 1 is 1.24 bits per heavy atom. The van der Waals surface area contributed by atoms with Crippen molar-refractivity contribution >= 4 is 38.6 Å². The largest absolute Gasteiger partial charge is 0.453 e. The van der Waals surface area contributed by atoms with Gasteiger partial charge in [-0.05, 0) is 23.8 Å². The fourth-order valence-electron chi connectivity index (χ4n) is 2.32. The van der Waals surface area contributed by atoms with Crippen LogP contribution in [0.5, 0.6) is 0 Å². The lowest BCUT2D eigenvalue weighted by molar-refractivity contribution is -0.115. The summed E-state index contributed by atoms with van der Waals surface area (Å²) in [5.74, 6) is -1.29. The summed E-state index contributed by atoms with van der Waals surface area (Å²) in [7, 11) is -1.45. The smallest absolute Gasteiger partial charge is 0.230 e. The molecule has 0 spiro atoms. The number of primary amides is 1. The van der Waals surface area contributed by atoms with Crippen molar-refractivity contribution in [3.05, 3.63) is 47.8 Å². The number of carbonyl (C=O) groups excluding carboxylic acids is 1. The highest BCUT2D eigenvalue weighted by Gasteiger charge is 2.14. The Morgan fingerprint density at radius 3 is 2.76 bits per heavy atom. The maximum atomic E-state index is 14.1. The summed E-state index contributed by atoms with van der Waals surface area (Å²) >= 11 is 0. The Kier molecular flexibility index (Phi) is 3.47. The topological polar surface area (TPSA) is 73.3 Å². The molecule has 0 aliphatic rings. The van der Waals surface area contributed by atoms with E-state index in [1.165, 1.54) is 6.07 Å². The number of furan rings is 1. The molecule has 2 aromatic carbocycles. The van der Waals surface area contributed by atoms with E-state index in [0.717, 1.165) is 5.39 Å². The van der Waals surface area contributed by atoms with Crippen molar-refractivity contribution in [2.45, 2.75) is 5.75 Å². The first kappa shape index (κ1) is 13.8. The molecule has 1 unspecified atom stereocenters. The SMILES string of the molecule is NC(=O)CS(=O)Cc1cc(F)c2oc3ccccc3c2c1. The highest BCUT2D eigenvalue weighted by molar-refractivity contribution is 7.84. The van der Waals surface area contributed by atoms with Crippen molar-refractivity contribution in [1.29, 1.82) is 0 Å². The van der Waals surface area contributed by atoms with Gasteiger partial charge in [-0.2, -0.15) is 0 Å². The number of rotatable bonds is 4. The van der Waals surface area contributed by atoms with Gasteiger partial charge in [-0.25, -0.2) is 4.39 Å². The van der Waals surface area contributed by atoms with Gasteiger partial charge in [0.1, 0.15) is 11.3 Å². The molecule has 1 atom stereocenters. The lowest BCUT2D eigenvalue weighted by atomic mass is 10.1. The molecule has 0 saturated carbocycles. The fraction of sp³-hybridized carbons (Fsp3) is 0.133. The number of benzene rings is 2. The van der Waals surface area contributed by atoms with E-state index in [4.69, 9.17) is 10.2 Å². The first-order chi connectivity index (χ1) is 10.0. The summed E-state index contributed by atoms with van der Waals surface area (Å²) < 4.78 is 31.3. The van der Waals surface area contributed by atoms with Crippen molar-refractivity contribution < 1.29 is 17.8 Å². The molecular weight excluding hydrogens is 293 g/mol. The van der Waals surface area contributed by atoms with Gasteiger partial charge >= 0.3 is 0 Å². The zero-order valence-corrected chi connectivity index (χ0v) is 11.8. The molecule has 2 N–H and O–H groups in total. The van der Waals surface area contributed by atoms with E-state index < -0.39 is 22.5 Å². The second-order valence-corrected chi connectivity index (χ2v) is 6.20. The number of carbonyl (C=O) groups is 1. The predicted molar refractivity (Wildman–Crippen MR) is 79.6 cm³/mol. The van der Waals surface area contributed by atoms with Gasteiger partial charge in [-0.3, -0.25) is 9.00 Å². The van der Waals surface area contributed by atoms with Crippen LogP contribution in [0, 0.1) is 5.82 Å². The van der Waals surface area contributed by atoms with Crippen LogP contribution in [0.4, 0.5) is 4.39 Å². The summed E-state index contributed by atoms with van der Waals surface area (Å²) in [5.41, 5.74) is 6.33. The van der Waals surface area contributed by atoms with Gasteiger partial charge in [0.25, 0.3) is 0 Å². The predicted octanol–water partition coefficient (Wildman–Crippen LogP) is 2.46. The van der Waals surface area contributed by atoms with Crippen molar-refractivity contribution in [2.75, 3.05) is 5.75 Å². The van der Waals surface area contributed by atoms with Gasteiger partial charge in [0.15, 0.2) is 11.4 Å². The minimum atomic E-state index is -1.45. The third-order valence-electron chi connectivity index (χ3n) is 3.12. The number of halogens is 1. The lowest BCUT2D eigenvalue weighted by Crippen LogP contribution is -2.20. The van der Waals surface area contributed by atoms with E-state index in [0.29, 0.717) is 16.5 Å². The number of amides is 1. The Morgan fingerprint density at radius 2 is 2.00 bits per heavy atom. The standard InChI is InChI=1S/C15H12FNO3S/c16-12-6-9(7-21(19)8-14(17)18)5-11-10-3-1-2-4-13(10)20-15(11)12/h1-6H,7-8H2,(H2,17,18). The lowest BCUT2D eigenvalue weighted by Gasteiger charge is -2.02. The molecule has 0 aliphatic heterocycles.